The summed E-state index contributed by atoms with van der Waals surface area (Å²) in [6.45, 7) is 0.199. The van der Waals surface area contributed by atoms with Gasteiger partial charge in [-0.2, -0.15) is 4.98 Å². The Morgan fingerprint density at radius 2 is 1.77 bits per heavy atom. The molecule has 8 nitrogen and oxygen atoms in total. The fourth-order valence-electron chi connectivity index (χ4n) is 3.26. The minimum atomic E-state index is -0.170. The molecule has 0 saturated heterocycles. The van der Waals surface area contributed by atoms with Crippen molar-refractivity contribution in [2.24, 2.45) is 0 Å². The van der Waals surface area contributed by atoms with Gasteiger partial charge in [-0.15, -0.1) is 5.10 Å². The van der Waals surface area contributed by atoms with E-state index in [1.807, 2.05) is 60.7 Å². The van der Waals surface area contributed by atoms with Crippen LogP contribution in [0.5, 0.6) is 17.5 Å². The van der Waals surface area contributed by atoms with Crippen molar-refractivity contribution in [3.8, 4) is 34.6 Å². The van der Waals surface area contributed by atoms with Gasteiger partial charge in [0, 0.05) is 16.8 Å². The zero-order valence-corrected chi connectivity index (χ0v) is 16.6. The number of aromatic nitrogens is 3. The number of fused-ring (bicyclic) bond motifs is 1. The standard InChI is InChI=1S/C23H18N4O4/c1-29-23-25-21(16-7-12-19-20(13-16)31-14-30-19)27(26-23)18-10-8-17(9-11-18)24-22(28)15-5-3-2-4-6-15/h2-13H,14H2,1H3,(H,24,28). The molecule has 0 aliphatic carbocycles. The lowest BCUT2D eigenvalue weighted by atomic mass is 10.2. The fourth-order valence-corrected chi connectivity index (χ4v) is 3.26. The molecule has 1 aliphatic heterocycles. The van der Waals surface area contributed by atoms with Crippen molar-refractivity contribution in [1.29, 1.82) is 0 Å². The molecule has 0 spiro atoms. The van der Waals surface area contributed by atoms with Crippen LogP contribution in [-0.2, 0) is 0 Å². The molecular formula is C23H18N4O4. The molecule has 1 amide bonds. The Morgan fingerprint density at radius 3 is 2.55 bits per heavy atom. The average Bonchev–Trinajstić information content (AvgIpc) is 3.46. The lowest BCUT2D eigenvalue weighted by Crippen LogP contribution is -2.11. The van der Waals surface area contributed by atoms with Gasteiger partial charge in [-0.05, 0) is 54.6 Å². The van der Waals surface area contributed by atoms with Crippen LogP contribution >= 0.6 is 0 Å². The third kappa shape index (κ3) is 3.66. The van der Waals surface area contributed by atoms with Crippen LogP contribution in [0.15, 0.2) is 72.8 Å². The third-order valence-electron chi connectivity index (χ3n) is 4.81. The summed E-state index contributed by atoms with van der Waals surface area (Å²) in [6.07, 6.45) is 0. The molecule has 0 bridgehead atoms. The zero-order valence-electron chi connectivity index (χ0n) is 16.6. The van der Waals surface area contributed by atoms with Crippen molar-refractivity contribution in [3.63, 3.8) is 0 Å². The molecule has 1 N–H and O–H groups in total. The maximum Gasteiger partial charge on any atom is 0.336 e. The van der Waals surface area contributed by atoms with E-state index >= 15 is 0 Å². The first-order valence-corrected chi connectivity index (χ1v) is 9.59. The number of hydrogen-bond donors (Lipinski definition) is 1. The van der Waals surface area contributed by atoms with E-state index in [1.54, 1.807) is 16.8 Å². The van der Waals surface area contributed by atoms with Crippen LogP contribution in [0.2, 0.25) is 0 Å². The lowest BCUT2D eigenvalue weighted by Gasteiger charge is -2.09. The number of ether oxygens (including phenoxy) is 3. The number of nitrogens with zero attached hydrogens (tertiary/aromatic N) is 3. The first-order valence-electron chi connectivity index (χ1n) is 9.59. The molecule has 0 atom stereocenters. The van der Waals surface area contributed by atoms with Gasteiger partial charge in [-0.3, -0.25) is 4.79 Å². The molecule has 2 heterocycles. The number of benzene rings is 3. The zero-order chi connectivity index (χ0) is 21.2. The van der Waals surface area contributed by atoms with Gasteiger partial charge in [0.05, 0.1) is 12.8 Å². The summed E-state index contributed by atoms with van der Waals surface area (Å²) in [5.74, 6) is 1.78. The minimum Gasteiger partial charge on any atom is -0.466 e. The highest BCUT2D eigenvalue weighted by Gasteiger charge is 2.19. The molecule has 5 rings (SSSR count). The molecule has 1 aliphatic rings. The molecule has 0 radical (unpaired) electrons. The topological polar surface area (TPSA) is 87.5 Å². The number of methoxy groups -OCH3 is 1. The Hall–Kier alpha value is -4.33. The van der Waals surface area contributed by atoms with Crippen LogP contribution in [-0.4, -0.2) is 34.6 Å². The first-order chi connectivity index (χ1) is 15.2. The predicted molar refractivity (Wildman–Crippen MR) is 114 cm³/mol. The van der Waals surface area contributed by atoms with Gasteiger partial charge >= 0.3 is 6.01 Å². The Balaban J connectivity index is 1.44. The largest absolute Gasteiger partial charge is 0.466 e. The third-order valence-corrected chi connectivity index (χ3v) is 4.81. The molecular weight excluding hydrogens is 396 g/mol. The molecule has 3 aromatic carbocycles. The Labute approximate surface area is 178 Å². The van der Waals surface area contributed by atoms with E-state index < -0.39 is 0 Å². The van der Waals surface area contributed by atoms with Crippen LogP contribution in [0.4, 0.5) is 5.69 Å². The van der Waals surface area contributed by atoms with Gasteiger partial charge < -0.3 is 19.5 Å². The van der Waals surface area contributed by atoms with E-state index in [0.29, 0.717) is 28.6 Å². The molecule has 31 heavy (non-hydrogen) atoms. The summed E-state index contributed by atoms with van der Waals surface area (Å²) in [5.41, 5.74) is 2.84. The van der Waals surface area contributed by atoms with Crippen LogP contribution < -0.4 is 19.5 Å². The van der Waals surface area contributed by atoms with Crippen molar-refractivity contribution in [2.45, 2.75) is 0 Å². The molecule has 0 fully saturated rings. The van der Waals surface area contributed by atoms with Crippen molar-refractivity contribution < 1.29 is 19.0 Å². The van der Waals surface area contributed by atoms with E-state index in [0.717, 1.165) is 11.3 Å². The maximum absolute atomic E-state index is 12.4. The quantitative estimate of drug-likeness (QED) is 0.533. The highest BCUT2D eigenvalue weighted by molar-refractivity contribution is 6.04. The highest BCUT2D eigenvalue weighted by Crippen LogP contribution is 2.36. The van der Waals surface area contributed by atoms with Gasteiger partial charge in [0.25, 0.3) is 5.91 Å². The van der Waals surface area contributed by atoms with Crippen molar-refractivity contribution in [3.05, 3.63) is 78.4 Å². The summed E-state index contributed by atoms with van der Waals surface area (Å²) in [6, 6.07) is 22.2. The molecule has 1 aromatic heterocycles. The average molecular weight is 414 g/mol. The monoisotopic (exact) mass is 414 g/mol. The normalized spacial score (nSPS) is 11.9. The predicted octanol–water partition coefficient (Wildman–Crippen LogP) is 3.92. The van der Waals surface area contributed by atoms with Gasteiger partial charge in [0.2, 0.25) is 6.79 Å². The molecule has 4 aromatic rings. The number of hydrogen-bond acceptors (Lipinski definition) is 6. The summed E-state index contributed by atoms with van der Waals surface area (Å²) >= 11 is 0. The Kier molecular flexibility index (Phi) is 4.72. The Bertz CT molecular complexity index is 1240. The molecule has 154 valence electrons. The van der Waals surface area contributed by atoms with E-state index in [2.05, 4.69) is 15.4 Å². The molecule has 0 saturated carbocycles. The number of anilines is 1. The fraction of sp³-hybridized carbons (Fsp3) is 0.0870. The van der Waals surface area contributed by atoms with Crippen molar-refractivity contribution in [1.82, 2.24) is 14.8 Å². The second-order valence-electron chi connectivity index (χ2n) is 6.77. The summed E-state index contributed by atoms with van der Waals surface area (Å²) < 4.78 is 17.8. The van der Waals surface area contributed by atoms with Crippen molar-refractivity contribution in [2.75, 3.05) is 19.2 Å². The summed E-state index contributed by atoms with van der Waals surface area (Å²) in [7, 11) is 1.52. The number of nitrogens with one attached hydrogen (secondary N) is 1. The number of carbonyl (C=O) groups excluding carboxylic acids is 1. The number of rotatable bonds is 5. The minimum absolute atomic E-state index is 0.170. The Morgan fingerprint density at radius 1 is 1.00 bits per heavy atom. The van der Waals surface area contributed by atoms with E-state index in [9.17, 15) is 4.79 Å². The van der Waals surface area contributed by atoms with E-state index in [1.165, 1.54) is 7.11 Å². The second-order valence-corrected chi connectivity index (χ2v) is 6.77. The summed E-state index contributed by atoms with van der Waals surface area (Å²) in [5, 5.41) is 7.32. The number of carbonyl (C=O) groups is 1. The SMILES string of the molecule is COc1nc(-c2ccc3c(c2)OCO3)n(-c2ccc(NC(=O)c3ccccc3)cc2)n1. The van der Waals surface area contributed by atoms with Crippen LogP contribution in [0.25, 0.3) is 17.1 Å². The smallest absolute Gasteiger partial charge is 0.336 e. The maximum atomic E-state index is 12.4. The van der Waals surface area contributed by atoms with Gasteiger partial charge in [0.15, 0.2) is 17.3 Å². The number of amides is 1. The van der Waals surface area contributed by atoms with Gasteiger partial charge in [-0.25, -0.2) is 4.68 Å². The second kappa shape index (κ2) is 7.83. The summed E-state index contributed by atoms with van der Waals surface area (Å²) in [4.78, 5) is 16.8. The molecule has 8 heteroatoms. The van der Waals surface area contributed by atoms with E-state index in [4.69, 9.17) is 14.2 Å². The van der Waals surface area contributed by atoms with Crippen LogP contribution in [0, 0.1) is 0 Å². The van der Waals surface area contributed by atoms with Crippen molar-refractivity contribution >= 4 is 11.6 Å². The van der Waals surface area contributed by atoms with Gasteiger partial charge in [-0.1, -0.05) is 18.2 Å². The van der Waals surface area contributed by atoms with Gasteiger partial charge in [0.1, 0.15) is 0 Å². The van der Waals surface area contributed by atoms with Crippen LogP contribution in [0.3, 0.4) is 0 Å². The van der Waals surface area contributed by atoms with E-state index in [-0.39, 0.29) is 18.7 Å². The first kappa shape index (κ1) is 18.7. The van der Waals surface area contributed by atoms with Crippen LogP contribution in [0.1, 0.15) is 10.4 Å². The highest BCUT2D eigenvalue weighted by atomic mass is 16.7. The lowest BCUT2D eigenvalue weighted by molar-refractivity contribution is 0.102. The molecule has 0 unspecified atom stereocenters.